The van der Waals surface area contributed by atoms with Gasteiger partial charge in [-0.15, -0.1) is 0 Å². The Kier molecular flexibility index (Phi) is 5.77. The number of phenolic OH excluding ortho intramolecular Hbond substituents is 1. The van der Waals surface area contributed by atoms with Crippen molar-refractivity contribution in [3.63, 3.8) is 0 Å². The van der Waals surface area contributed by atoms with Gasteiger partial charge in [0.2, 0.25) is 0 Å². The van der Waals surface area contributed by atoms with Crippen molar-refractivity contribution in [1.82, 2.24) is 0 Å². The van der Waals surface area contributed by atoms with E-state index in [2.05, 4.69) is 4.99 Å². The minimum Gasteiger partial charge on any atom is -0.505 e. The molecule has 0 radical (unpaired) electrons. The summed E-state index contributed by atoms with van der Waals surface area (Å²) in [4.78, 5) is 4.15. The van der Waals surface area contributed by atoms with Gasteiger partial charge >= 0.3 is 0 Å². The van der Waals surface area contributed by atoms with E-state index < -0.39 is 0 Å². The second-order valence-electron chi connectivity index (χ2n) is 4.67. The van der Waals surface area contributed by atoms with Crippen molar-refractivity contribution in [3.05, 3.63) is 63.6 Å². The van der Waals surface area contributed by atoms with Crippen LogP contribution in [-0.4, -0.2) is 10.8 Å². The molecule has 0 unspecified atom stereocenters. The average molecular weight is 367 g/mol. The largest absolute Gasteiger partial charge is 0.505 e. The van der Waals surface area contributed by atoms with E-state index in [4.69, 9.17) is 23.2 Å². The van der Waals surface area contributed by atoms with E-state index in [1.54, 1.807) is 42.5 Å². The summed E-state index contributed by atoms with van der Waals surface area (Å²) in [7, 11) is 0. The van der Waals surface area contributed by atoms with E-state index in [1.807, 2.05) is 6.07 Å². The number of hydrogen-bond donors (Lipinski definition) is 1. The third kappa shape index (κ3) is 3.97. The molecule has 2 aromatic carbocycles. The zero-order valence-corrected chi connectivity index (χ0v) is 14.0. The van der Waals surface area contributed by atoms with Crippen LogP contribution in [0.2, 0.25) is 10.0 Å². The molecule has 0 spiro atoms. The van der Waals surface area contributed by atoms with E-state index in [-0.39, 0.29) is 38.3 Å². The van der Waals surface area contributed by atoms with E-state index in [0.717, 1.165) is 0 Å². The Morgan fingerprint density at radius 3 is 1.96 bits per heavy atom. The average Bonchev–Trinajstić information content (AvgIpc) is 2.63. The number of rotatable bonds is 3. The quantitative estimate of drug-likeness (QED) is 0.622. The maximum Gasteiger partial charge on any atom is 0.152 e. The highest BCUT2D eigenvalue weighted by atomic mass is 35.5. The van der Waals surface area contributed by atoms with Crippen LogP contribution in [0.4, 0.5) is 5.69 Å². The fraction of sp³-hybridized carbons (Fsp3) is 0. The van der Waals surface area contributed by atoms with Crippen molar-refractivity contribution in [2.24, 2.45) is 4.99 Å². The zero-order chi connectivity index (χ0) is 18.4. The number of hydrogen-bond acceptors (Lipinski definition) is 5. The van der Waals surface area contributed by atoms with Gasteiger partial charge in [-0.05, 0) is 17.7 Å². The number of phenols is 1. The third-order valence-electron chi connectivity index (χ3n) is 3.12. The molecule has 5 nitrogen and oxygen atoms in total. The molecule has 0 aliphatic heterocycles. The number of nitriles is 3. The second-order valence-corrected chi connectivity index (χ2v) is 5.48. The van der Waals surface area contributed by atoms with Gasteiger partial charge in [-0.2, -0.15) is 15.8 Å². The van der Waals surface area contributed by atoms with E-state index in [0.29, 0.717) is 5.56 Å². The monoisotopic (exact) mass is 366 g/mol. The highest BCUT2D eigenvalue weighted by Crippen LogP contribution is 2.36. The summed E-state index contributed by atoms with van der Waals surface area (Å²) in [6.07, 6.45) is 0. The Hall–Kier alpha value is -3.30. The van der Waals surface area contributed by atoms with Crippen molar-refractivity contribution >= 4 is 40.2 Å². The van der Waals surface area contributed by atoms with Crippen LogP contribution in [0.1, 0.15) is 5.56 Å². The summed E-state index contributed by atoms with van der Waals surface area (Å²) < 4.78 is 0. The van der Waals surface area contributed by atoms with Crippen LogP contribution in [-0.2, 0) is 0 Å². The summed E-state index contributed by atoms with van der Waals surface area (Å²) in [5.41, 5.74) is 0.405. The van der Waals surface area contributed by atoms with Crippen LogP contribution in [0, 0.1) is 34.0 Å². The molecular formula is C18H8Cl2N4O. The maximum atomic E-state index is 9.60. The molecule has 0 aliphatic carbocycles. The van der Waals surface area contributed by atoms with E-state index in [9.17, 15) is 20.9 Å². The molecule has 0 fully saturated rings. The molecule has 0 aliphatic rings. The van der Waals surface area contributed by atoms with Gasteiger partial charge in [-0.25, -0.2) is 4.99 Å². The molecule has 0 aromatic heterocycles. The first-order valence-corrected chi connectivity index (χ1v) is 7.54. The normalized spacial score (nSPS) is 10.3. The van der Waals surface area contributed by atoms with E-state index >= 15 is 0 Å². The molecule has 7 heteroatoms. The SMILES string of the molecule is N#CC(=Nc1cc(Cl)c(O)c(Cl)c1)C(=C(C#N)C#N)c1ccccc1. The lowest BCUT2D eigenvalue weighted by atomic mass is 9.97. The fourth-order valence-corrected chi connectivity index (χ4v) is 2.50. The van der Waals surface area contributed by atoms with Gasteiger partial charge in [0, 0.05) is 5.57 Å². The Labute approximate surface area is 153 Å². The Bertz CT molecular complexity index is 967. The smallest absolute Gasteiger partial charge is 0.152 e. The lowest BCUT2D eigenvalue weighted by Crippen LogP contribution is -2.02. The van der Waals surface area contributed by atoms with Crippen LogP contribution in [0.15, 0.2) is 53.0 Å². The van der Waals surface area contributed by atoms with Crippen LogP contribution in [0.25, 0.3) is 5.57 Å². The number of nitrogens with zero attached hydrogens (tertiary/aromatic N) is 4. The molecule has 0 bridgehead atoms. The number of halogens is 2. The molecule has 0 saturated heterocycles. The van der Waals surface area contributed by atoms with Crippen LogP contribution in [0.5, 0.6) is 5.75 Å². The molecule has 120 valence electrons. The zero-order valence-electron chi connectivity index (χ0n) is 12.5. The molecule has 0 atom stereocenters. The van der Waals surface area contributed by atoms with Crippen LogP contribution < -0.4 is 0 Å². The predicted octanol–water partition coefficient (Wildman–Crippen LogP) is 4.80. The molecular weight excluding hydrogens is 359 g/mol. The van der Waals surface area contributed by atoms with Crippen molar-refractivity contribution < 1.29 is 5.11 Å². The minimum absolute atomic E-state index is 0.0328. The highest BCUT2D eigenvalue weighted by Gasteiger charge is 2.17. The standard InChI is InChI=1S/C18H8Cl2N4O/c19-14-6-13(7-15(20)18(14)25)24-16(10-23)17(12(8-21)9-22)11-4-2-1-3-5-11/h1-7,25H. The topological polar surface area (TPSA) is 104 Å². The predicted molar refractivity (Wildman–Crippen MR) is 95.4 cm³/mol. The van der Waals surface area contributed by atoms with Gasteiger partial charge in [0.15, 0.2) is 11.5 Å². The Balaban J connectivity index is 2.72. The van der Waals surface area contributed by atoms with E-state index in [1.165, 1.54) is 12.1 Å². The second kappa shape index (κ2) is 7.99. The lowest BCUT2D eigenvalue weighted by Gasteiger charge is -2.07. The first-order valence-electron chi connectivity index (χ1n) is 6.78. The summed E-state index contributed by atoms with van der Waals surface area (Å²) in [5.74, 6) is -0.297. The van der Waals surface area contributed by atoms with Gasteiger partial charge in [0.25, 0.3) is 0 Å². The molecule has 25 heavy (non-hydrogen) atoms. The summed E-state index contributed by atoms with van der Waals surface area (Å²) in [6.45, 7) is 0. The van der Waals surface area contributed by atoms with Gasteiger partial charge in [-0.3, -0.25) is 0 Å². The third-order valence-corrected chi connectivity index (χ3v) is 3.70. The fourth-order valence-electron chi connectivity index (χ4n) is 2.02. The van der Waals surface area contributed by atoms with Gasteiger partial charge in [0.05, 0.1) is 15.7 Å². The summed E-state index contributed by atoms with van der Waals surface area (Å²) in [5, 5.41) is 37.5. The van der Waals surface area contributed by atoms with Gasteiger partial charge in [-0.1, -0.05) is 53.5 Å². The van der Waals surface area contributed by atoms with Crippen molar-refractivity contribution in [3.8, 4) is 24.0 Å². The lowest BCUT2D eigenvalue weighted by molar-refractivity contribution is 0.476. The first-order chi connectivity index (χ1) is 12.0. The minimum atomic E-state index is -0.297. The van der Waals surface area contributed by atoms with Crippen molar-refractivity contribution in [2.45, 2.75) is 0 Å². The highest BCUT2D eigenvalue weighted by molar-refractivity contribution is 6.38. The number of aliphatic imine (C=N–C) groups is 1. The molecule has 0 saturated carbocycles. The first kappa shape index (κ1) is 18.0. The Morgan fingerprint density at radius 2 is 1.48 bits per heavy atom. The number of benzene rings is 2. The molecule has 2 rings (SSSR count). The van der Waals surface area contributed by atoms with Gasteiger partial charge < -0.3 is 5.11 Å². The van der Waals surface area contributed by atoms with Crippen molar-refractivity contribution in [2.75, 3.05) is 0 Å². The van der Waals surface area contributed by atoms with Crippen molar-refractivity contribution in [1.29, 1.82) is 15.8 Å². The maximum absolute atomic E-state index is 9.60. The molecule has 1 N–H and O–H groups in total. The molecule has 0 heterocycles. The number of allylic oxidation sites excluding steroid dienone is 2. The molecule has 2 aromatic rings. The van der Waals surface area contributed by atoms with Gasteiger partial charge in [0.1, 0.15) is 23.8 Å². The van der Waals surface area contributed by atoms with Crippen LogP contribution in [0.3, 0.4) is 0 Å². The number of aromatic hydroxyl groups is 1. The molecule has 0 amide bonds. The van der Waals surface area contributed by atoms with Crippen LogP contribution >= 0.6 is 23.2 Å². The summed E-state index contributed by atoms with van der Waals surface area (Å²) >= 11 is 11.7. The summed E-state index contributed by atoms with van der Waals surface area (Å²) in [6, 6.07) is 16.6. The Morgan fingerprint density at radius 1 is 0.920 bits per heavy atom.